The van der Waals surface area contributed by atoms with Crippen molar-refractivity contribution in [2.45, 2.75) is 6.42 Å². The summed E-state index contributed by atoms with van der Waals surface area (Å²) >= 11 is 0. The Labute approximate surface area is 152 Å². The number of carbonyl (C=O) groups excluding carboxylic acids is 3. The summed E-state index contributed by atoms with van der Waals surface area (Å²) in [5.41, 5.74) is 1.33. The van der Waals surface area contributed by atoms with Crippen molar-refractivity contribution in [1.29, 1.82) is 0 Å². The fourth-order valence-corrected chi connectivity index (χ4v) is 2.22. The van der Waals surface area contributed by atoms with E-state index in [4.69, 9.17) is 9.47 Å². The SMILES string of the molecule is COCCCNC(=O)COC(=O)c1ccc(C(=O)c2ccccc2)cc1. The standard InChI is InChI=1S/C20H21NO5/c1-25-13-5-12-21-18(22)14-26-20(24)17-10-8-16(9-11-17)19(23)15-6-3-2-4-7-15/h2-4,6-11H,5,12-14H2,1H3,(H,21,22). The van der Waals surface area contributed by atoms with Gasteiger partial charge in [0, 0.05) is 31.4 Å². The van der Waals surface area contributed by atoms with Crippen LogP contribution in [0.2, 0.25) is 0 Å². The quantitative estimate of drug-likeness (QED) is 0.424. The maximum Gasteiger partial charge on any atom is 0.338 e. The summed E-state index contributed by atoms with van der Waals surface area (Å²) in [6, 6.07) is 15.0. The van der Waals surface area contributed by atoms with E-state index in [1.54, 1.807) is 43.5 Å². The summed E-state index contributed by atoms with van der Waals surface area (Å²) in [5.74, 6) is -1.11. The molecule has 6 heteroatoms. The van der Waals surface area contributed by atoms with Crippen LogP contribution in [-0.2, 0) is 14.3 Å². The van der Waals surface area contributed by atoms with Crippen LogP contribution in [0.15, 0.2) is 54.6 Å². The molecule has 0 unspecified atom stereocenters. The van der Waals surface area contributed by atoms with Crippen molar-refractivity contribution in [1.82, 2.24) is 5.32 Å². The van der Waals surface area contributed by atoms with Gasteiger partial charge < -0.3 is 14.8 Å². The molecule has 0 saturated heterocycles. The molecule has 2 aromatic carbocycles. The van der Waals surface area contributed by atoms with Gasteiger partial charge in [-0.15, -0.1) is 0 Å². The Kier molecular flexibility index (Phi) is 7.51. The van der Waals surface area contributed by atoms with Crippen molar-refractivity contribution in [2.24, 2.45) is 0 Å². The molecule has 1 amide bonds. The number of ether oxygens (including phenoxy) is 2. The molecular formula is C20H21NO5. The number of methoxy groups -OCH3 is 1. The van der Waals surface area contributed by atoms with Crippen LogP contribution in [0.4, 0.5) is 0 Å². The van der Waals surface area contributed by atoms with Crippen molar-refractivity contribution in [3.05, 3.63) is 71.3 Å². The molecule has 6 nitrogen and oxygen atoms in total. The normalized spacial score (nSPS) is 10.2. The van der Waals surface area contributed by atoms with Gasteiger partial charge in [0.1, 0.15) is 0 Å². The molecule has 0 aliphatic heterocycles. The van der Waals surface area contributed by atoms with Crippen LogP contribution in [0.3, 0.4) is 0 Å². The van der Waals surface area contributed by atoms with Crippen LogP contribution in [0, 0.1) is 0 Å². The molecule has 136 valence electrons. The van der Waals surface area contributed by atoms with E-state index in [-0.39, 0.29) is 23.9 Å². The second-order valence-electron chi connectivity index (χ2n) is 5.54. The number of amides is 1. The number of hydrogen-bond acceptors (Lipinski definition) is 5. The first kappa shape index (κ1) is 19.3. The van der Waals surface area contributed by atoms with E-state index in [1.165, 1.54) is 12.1 Å². The van der Waals surface area contributed by atoms with Crippen LogP contribution in [0.25, 0.3) is 0 Å². The average Bonchev–Trinajstić information content (AvgIpc) is 2.69. The van der Waals surface area contributed by atoms with Crippen molar-refractivity contribution in [3.63, 3.8) is 0 Å². The first-order chi connectivity index (χ1) is 12.6. The van der Waals surface area contributed by atoms with Gasteiger partial charge in [-0.1, -0.05) is 42.5 Å². The number of nitrogens with one attached hydrogen (secondary N) is 1. The Hall–Kier alpha value is -2.99. The Bertz CT molecular complexity index is 741. The Balaban J connectivity index is 1.85. The van der Waals surface area contributed by atoms with Gasteiger partial charge in [-0.05, 0) is 18.6 Å². The molecule has 0 aromatic heterocycles. The summed E-state index contributed by atoms with van der Waals surface area (Å²) in [6.45, 7) is 0.658. The number of esters is 1. The van der Waals surface area contributed by atoms with Crippen LogP contribution >= 0.6 is 0 Å². The van der Waals surface area contributed by atoms with Gasteiger partial charge in [0.15, 0.2) is 12.4 Å². The molecule has 0 radical (unpaired) electrons. The largest absolute Gasteiger partial charge is 0.452 e. The van der Waals surface area contributed by atoms with Crippen molar-refractivity contribution < 1.29 is 23.9 Å². The van der Waals surface area contributed by atoms with E-state index in [0.29, 0.717) is 30.7 Å². The third-order valence-electron chi connectivity index (χ3n) is 3.60. The summed E-state index contributed by atoms with van der Waals surface area (Å²) in [7, 11) is 1.59. The van der Waals surface area contributed by atoms with Crippen LogP contribution < -0.4 is 5.32 Å². The predicted molar refractivity (Wildman–Crippen MR) is 96.1 cm³/mol. The highest BCUT2D eigenvalue weighted by Gasteiger charge is 2.12. The highest BCUT2D eigenvalue weighted by molar-refractivity contribution is 6.09. The van der Waals surface area contributed by atoms with Crippen LogP contribution in [0.5, 0.6) is 0 Å². The highest BCUT2D eigenvalue weighted by atomic mass is 16.5. The molecule has 26 heavy (non-hydrogen) atoms. The Morgan fingerprint density at radius 1 is 0.885 bits per heavy atom. The maximum absolute atomic E-state index is 12.3. The molecule has 0 atom stereocenters. The van der Waals surface area contributed by atoms with Crippen LogP contribution in [-0.4, -0.2) is 44.5 Å². The first-order valence-electron chi connectivity index (χ1n) is 8.24. The number of benzene rings is 2. The lowest BCUT2D eigenvalue weighted by Crippen LogP contribution is -2.30. The summed E-state index contributed by atoms with van der Waals surface area (Å²) < 4.78 is 9.84. The van der Waals surface area contributed by atoms with Crippen LogP contribution in [0.1, 0.15) is 32.7 Å². The second-order valence-corrected chi connectivity index (χ2v) is 5.54. The molecular weight excluding hydrogens is 334 g/mol. The van der Waals surface area contributed by atoms with Gasteiger partial charge in [0.25, 0.3) is 5.91 Å². The summed E-state index contributed by atoms with van der Waals surface area (Å²) in [4.78, 5) is 35.8. The fraction of sp³-hybridized carbons (Fsp3) is 0.250. The van der Waals surface area contributed by atoms with Gasteiger partial charge in [-0.3, -0.25) is 9.59 Å². The lowest BCUT2D eigenvalue weighted by molar-refractivity contribution is -0.124. The molecule has 0 aliphatic carbocycles. The number of rotatable bonds is 9. The summed E-state index contributed by atoms with van der Waals surface area (Å²) in [5, 5.41) is 2.63. The Morgan fingerprint density at radius 2 is 1.50 bits per heavy atom. The summed E-state index contributed by atoms with van der Waals surface area (Å²) in [6.07, 6.45) is 0.688. The van der Waals surface area contributed by atoms with E-state index in [0.717, 1.165) is 0 Å². The van der Waals surface area contributed by atoms with E-state index in [9.17, 15) is 14.4 Å². The molecule has 0 bridgehead atoms. The van der Waals surface area contributed by atoms with E-state index in [2.05, 4.69) is 5.32 Å². The van der Waals surface area contributed by atoms with Crippen molar-refractivity contribution >= 4 is 17.7 Å². The topological polar surface area (TPSA) is 81.7 Å². The molecule has 0 heterocycles. The van der Waals surface area contributed by atoms with Gasteiger partial charge in [0.05, 0.1) is 5.56 Å². The lowest BCUT2D eigenvalue weighted by Gasteiger charge is -2.07. The molecule has 2 aromatic rings. The Morgan fingerprint density at radius 3 is 2.15 bits per heavy atom. The minimum atomic E-state index is -0.615. The van der Waals surface area contributed by atoms with Gasteiger partial charge in [-0.2, -0.15) is 0 Å². The van der Waals surface area contributed by atoms with E-state index in [1.807, 2.05) is 6.07 Å². The first-order valence-corrected chi connectivity index (χ1v) is 8.24. The zero-order chi connectivity index (χ0) is 18.8. The number of carbonyl (C=O) groups is 3. The van der Waals surface area contributed by atoms with Gasteiger partial charge >= 0.3 is 5.97 Å². The van der Waals surface area contributed by atoms with E-state index < -0.39 is 5.97 Å². The minimum Gasteiger partial charge on any atom is -0.452 e. The monoisotopic (exact) mass is 355 g/mol. The number of hydrogen-bond donors (Lipinski definition) is 1. The number of ketones is 1. The van der Waals surface area contributed by atoms with Crippen molar-refractivity contribution in [2.75, 3.05) is 26.9 Å². The van der Waals surface area contributed by atoms with Crippen molar-refractivity contribution in [3.8, 4) is 0 Å². The van der Waals surface area contributed by atoms with E-state index >= 15 is 0 Å². The molecule has 0 aliphatic rings. The third kappa shape index (κ3) is 5.82. The fourth-order valence-electron chi connectivity index (χ4n) is 2.22. The average molecular weight is 355 g/mol. The third-order valence-corrected chi connectivity index (χ3v) is 3.60. The van der Waals surface area contributed by atoms with Gasteiger partial charge in [0.2, 0.25) is 0 Å². The predicted octanol–water partition coefficient (Wildman–Crippen LogP) is 2.23. The second kappa shape index (κ2) is 10.1. The van der Waals surface area contributed by atoms with Gasteiger partial charge in [-0.25, -0.2) is 4.79 Å². The maximum atomic E-state index is 12.3. The lowest BCUT2D eigenvalue weighted by atomic mass is 10.0. The molecule has 0 fully saturated rings. The minimum absolute atomic E-state index is 0.124. The molecule has 0 saturated carbocycles. The molecule has 1 N–H and O–H groups in total. The smallest absolute Gasteiger partial charge is 0.338 e. The zero-order valence-corrected chi connectivity index (χ0v) is 14.6. The molecule has 2 rings (SSSR count). The highest BCUT2D eigenvalue weighted by Crippen LogP contribution is 2.11. The molecule has 0 spiro atoms. The zero-order valence-electron chi connectivity index (χ0n) is 14.6.